The molecule has 4 heavy (non-hydrogen) atoms. The number of hydrogen-bond acceptors (Lipinski definition) is 0. The van der Waals surface area contributed by atoms with E-state index in [9.17, 15) is 0 Å². The van der Waals surface area contributed by atoms with Crippen molar-refractivity contribution in [3.8, 4) is 0 Å². The minimum Gasteiger partial charge on any atom is -1.00 e. The maximum atomic E-state index is 0. The molecule has 0 aromatic heterocycles. The molecular formula is Cl2HfSi+6. The Labute approximate surface area is 61.4 Å². The minimum atomic E-state index is 0. The molecule has 0 spiro atoms. The monoisotopic (exact) mass is 278 g/mol. The van der Waals surface area contributed by atoms with Gasteiger partial charge >= 0.3 is 36.8 Å². The Morgan fingerprint density at radius 2 is 0.750 bits per heavy atom. The molecule has 0 saturated heterocycles. The maximum Gasteiger partial charge on any atom is 4.00 e. The second kappa shape index (κ2) is 22.6. The number of hydrogen-bond donors (Lipinski definition) is 0. The van der Waals surface area contributed by atoms with Gasteiger partial charge in [-0.25, -0.2) is 0 Å². The molecule has 0 aliphatic carbocycles. The Bertz CT molecular complexity index is 6.00. The van der Waals surface area contributed by atoms with E-state index < -0.39 is 0 Å². The first-order chi connectivity index (χ1) is 0. The van der Waals surface area contributed by atoms with E-state index >= 15 is 0 Å². The quantitative estimate of drug-likeness (QED) is 0.387. The Balaban J connectivity index is 0. The van der Waals surface area contributed by atoms with Crippen LogP contribution in [-0.4, -0.2) is 11.0 Å². The molecule has 0 rings (SSSR count). The van der Waals surface area contributed by atoms with Crippen LogP contribution in [0.4, 0.5) is 0 Å². The van der Waals surface area contributed by atoms with Gasteiger partial charge in [0.15, 0.2) is 0 Å². The van der Waals surface area contributed by atoms with Gasteiger partial charge < -0.3 is 24.8 Å². The van der Waals surface area contributed by atoms with Crippen molar-refractivity contribution in [2.75, 3.05) is 0 Å². The van der Waals surface area contributed by atoms with Crippen molar-refractivity contribution in [3.05, 3.63) is 0 Å². The zero-order valence-corrected chi connectivity index (χ0v) is 7.86. The van der Waals surface area contributed by atoms with E-state index in [-0.39, 0.29) is 61.6 Å². The molecule has 4 heteroatoms. The van der Waals surface area contributed by atoms with E-state index in [0.717, 1.165) is 0 Å². The van der Waals surface area contributed by atoms with Crippen LogP contribution in [0.3, 0.4) is 0 Å². The van der Waals surface area contributed by atoms with Crippen molar-refractivity contribution in [1.82, 2.24) is 0 Å². The number of halogens is 2. The van der Waals surface area contributed by atoms with Crippen LogP contribution < -0.4 is 24.8 Å². The summed E-state index contributed by atoms with van der Waals surface area (Å²) in [5, 5.41) is 0. The predicted molar refractivity (Wildman–Crippen MR) is 5.75 cm³/mol. The molecule has 0 aliphatic heterocycles. The van der Waals surface area contributed by atoms with Crippen LogP contribution >= 0.6 is 0 Å². The first-order valence-electron chi connectivity index (χ1n) is 0. The van der Waals surface area contributed by atoms with Gasteiger partial charge in [0.05, 0.1) is 0 Å². The van der Waals surface area contributed by atoms with Crippen LogP contribution in [0.1, 0.15) is 0 Å². The second-order valence-electron chi connectivity index (χ2n) is 0. The van der Waals surface area contributed by atoms with Crippen LogP contribution in [0.5, 0.6) is 0 Å². The summed E-state index contributed by atoms with van der Waals surface area (Å²) in [5.41, 5.74) is 0. The third-order valence-electron chi connectivity index (χ3n) is 0. The third-order valence-corrected chi connectivity index (χ3v) is 0. The fourth-order valence-electron chi connectivity index (χ4n) is 0. The molecule has 16 valence electrons. The van der Waals surface area contributed by atoms with Crippen LogP contribution in [0.2, 0.25) is 0 Å². The van der Waals surface area contributed by atoms with Gasteiger partial charge in [0.25, 0.3) is 0 Å². The summed E-state index contributed by atoms with van der Waals surface area (Å²) < 4.78 is 0. The van der Waals surface area contributed by atoms with Crippen LogP contribution in [0, 0.1) is 0 Å². The van der Waals surface area contributed by atoms with Crippen LogP contribution in [0.15, 0.2) is 0 Å². The fraction of sp³-hybridized carbons (Fsp3) is 0. The van der Waals surface area contributed by atoms with E-state index in [2.05, 4.69) is 0 Å². The zero-order chi connectivity index (χ0) is 0. The second-order valence-corrected chi connectivity index (χ2v) is 0. The van der Waals surface area contributed by atoms with Crippen molar-refractivity contribution < 1.29 is 50.7 Å². The summed E-state index contributed by atoms with van der Waals surface area (Å²) in [5.74, 6) is 0. The first kappa shape index (κ1) is 44.4. The molecule has 0 aromatic carbocycles. The smallest absolute Gasteiger partial charge is 1.00 e. The van der Waals surface area contributed by atoms with E-state index in [1.807, 2.05) is 0 Å². The van der Waals surface area contributed by atoms with Gasteiger partial charge in [0.2, 0.25) is 0 Å². The minimum absolute atomic E-state index is 0. The summed E-state index contributed by atoms with van der Waals surface area (Å²) in [7, 11) is 0. The zero-order valence-electron chi connectivity index (χ0n) is 1.76. The average Bonchev–Trinajstić information content (AvgIpc) is 0. The van der Waals surface area contributed by atoms with Gasteiger partial charge in [-0.1, -0.05) is 0 Å². The van der Waals surface area contributed by atoms with Crippen molar-refractivity contribution in [1.29, 1.82) is 0 Å². The third kappa shape index (κ3) is 9.39. The fourth-order valence-corrected chi connectivity index (χ4v) is 0. The van der Waals surface area contributed by atoms with E-state index in [1.54, 1.807) is 0 Å². The summed E-state index contributed by atoms with van der Waals surface area (Å²) in [6.45, 7) is 0. The van der Waals surface area contributed by atoms with Crippen molar-refractivity contribution in [2.45, 2.75) is 0 Å². The number of rotatable bonds is 0. The molecule has 0 bridgehead atoms. The molecule has 0 unspecified atom stereocenters. The van der Waals surface area contributed by atoms with E-state index in [4.69, 9.17) is 0 Å². The van der Waals surface area contributed by atoms with Gasteiger partial charge in [0.1, 0.15) is 0 Å². The van der Waals surface area contributed by atoms with Gasteiger partial charge in [-0.3, -0.25) is 0 Å². The van der Waals surface area contributed by atoms with Gasteiger partial charge in [-0.2, -0.15) is 0 Å². The molecule has 0 heterocycles. The molecule has 0 N–H and O–H groups in total. The maximum absolute atomic E-state index is 0. The average molecular weight is 277 g/mol. The summed E-state index contributed by atoms with van der Waals surface area (Å²) in [6.07, 6.45) is 0. The standard InChI is InChI=1S/2ClH.Hf.Si/h2*1H;;/q;;2*+4/p-2. The largest absolute Gasteiger partial charge is 4.00 e. The predicted octanol–water partition coefficient (Wildman–Crippen LogP) is -6.38. The molecule has 0 atom stereocenters. The van der Waals surface area contributed by atoms with E-state index in [1.165, 1.54) is 0 Å². The summed E-state index contributed by atoms with van der Waals surface area (Å²) in [4.78, 5) is 0. The van der Waals surface area contributed by atoms with Gasteiger partial charge in [0, 0.05) is 0 Å². The molecule has 0 aromatic rings. The molecule has 0 fully saturated rings. The Morgan fingerprint density at radius 1 is 0.750 bits per heavy atom. The van der Waals surface area contributed by atoms with Crippen molar-refractivity contribution in [3.63, 3.8) is 0 Å². The Kier molecular flexibility index (Phi) is 251. The topological polar surface area (TPSA) is 0 Å². The van der Waals surface area contributed by atoms with Gasteiger partial charge in [-0.05, 0) is 0 Å². The summed E-state index contributed by atoms with van der Waals surface area (Å²) >= 11 is 0. The van der Waals surface area contributed by atoms with Crippen molar-refractivity contribution in [2.24, 2.45) is 0 Å². The normalized spacial score (nSPS) is 0. The Hall–Kier alpha value is 1.67. The molecule has 0 amide bonds. The SMILES string of the molecule is [Cl-].[Cl-].[Hf+4].[Si+4]. The Morgan fingerprint density at radius 3 is 0.750 bits per heavy atom. The van der Waals surface area contributed by atoms with Crippen LogP contribution in [0.25, 0.3) is 0 Å². The van der Waals surface area contributed by atoms with Gasteiger partial charge in [-0.15, -0.1) is 0 Å². The first-order valence-corrected chi connectivity index (χ1v) is 0. The molecule has 0 nitrogen and oxygen atoms in total. The molecular weight excluding hydrogens is 277 g/mol. The van der Waals surface area contributed by atoms with Crippen LogP contribution in [-0.2, 0) is 25.8 Å². The molecule has 0 saturated carbocycles. The molecule has 0 radical (unpaired) electrons. The summed E-state index contributed by atoms with van der Waals surface area (Å²) in [6, 6.07) is 0. The van der Waals surface area contributed by atoms with E-state index in [0.29, 0.717) is 0 Å². The molecule has 0 aliphatic rings. The van der Waals surface area contributed by atoms with Crippen molar-refractivity contribution >= 4 is 11.0 Å².